The van der Waals surface area contributed by atoms with Crippen LogP contribution in [0.25, 0.3) is 0 Å². The Morgan fingerprint density at radius 3 is 2.56 bits per heavy atom. The molecule has 0 aliphatic rings. The molecule has 0 aliphatic carbocycles. The van der Waals surface area contributed by atoms with Gasteiger partial charge >= 0.3 is 0 Å². The van der Waals surface area contributed by atoms with Gasteiger partial charge in [0.05, 0.1) is 0 Å². The number of nitrogens with zero attached hydrogens (tertiary/aromatic N) is 1. The van der Waals surface area contributed by atoms with E-state index >= 15 is 0 Å². The fourth-order valence-corrected chi connectivity index (χ4v) is 0.402. The Balaban J connectivity index is 3.41. The minimum absolute atomic E-state index is 0.297. The number of hydrogen-bond acceptors (Lipinski definition) is 4. The van der Waals surface area contributed by atoms with Gasteiger partial charge in [0, 0.05) is 6.42 Å². The van der Waals surface area contributed by atoms with E-state index in [1.54, 1.807) is 0 Å². The molecular formula is C5H8N2O2. The maximum atomic E-state index is 9.91. The normalized spacial score (nSPS) is 12.0. The van der Waals surface area contributed by atoms with Gasteiger partial charge in [-0.25, -0.2) is 5.53 Å². The van der Waals surface area contributed by atoms with E-state index in [4.69, 9.17) is 5.53 Å². The molecule has 0 rings (SSSR count). The highest BCUT2D eigenvalue weighted by Crippen LogP contribution is 1.95. The third-order valence-electron chi connectivity index (χ3n) is 0.903. The van der Waals surface area contributed by atoms with Crippen LogP contribution in [0.4, 0.5) is 0 Å². The summed E-state index contributed by atoms with van der Waals surface area (Å²) in [6, 6.07) is -0.616. The van der Waals surface area contributed by atoms with Gasteiger partial charge < -0.3 is 9.59 Å². The third-order valence-corrected chi connectivity index (χ3v) is 0.903. The Labute approximate surface area is 52.8 Å². The van der Waals surface area contributed by atoms with Crippen LogP contribution < -0.4 is 0 Å². The highest BCUT2D eigenvalue weighted by Gasteiger charge is 2.01. The summed E-state index contributed by atoms with van der Waals surface area (Å²) < 4.78 is 0. The smallest absolute Gasteiger partial charge is 0.146 e. The van der Waals surface area contributed by atoms with Gasteiger partial charge in [-0.15, -0.1) is 0 Å². The maximum absolute atomic E-state index is 9.91. The summed E-state index contributed by atoms with van der Waals surface area (Å²) in [6.07, 6.45) is 1.93. The van der Waals surface area contributed by atoms with Crippen molar-refractivity contribution >= 4 is 12.6 Å². The van der Waals surface area contributed by atoms with E-state index in [1.165, 1.54) is 0 Å². The van der Waals surface area contributed by atoms with Gasteiger partial charge in [-0.2, -0.15) is 5.11 Å². The Morgan fingerprint density at radius 1 is 1.56 bits per heavy atom. The topological polar surface area (TPSA) is 70.3 Å². The molecule has 0 fully saturated rings. The number of nitrogens with one attached hydrogen (secondary N) is 1. The number of carbonyl (C=O) groups is 2. The SMILES string of the molecule is N=N[C@H](C=O)CCC=O. The molecule has 50 valence electrons. The van der Waals surface area contributed by atoms with Crippen LogP contribution >= 0.6 is 0 Å². The molecule has 0 aliphatic heterocycles. The molecule has 1 atom stereocenters. The largest absolute Gasteiger partial charge is 0.303 e. The second-order valence-corrected chi connectivity index (χ2v) is 1.58. The van der Waals surface area contributed by atoms with Crippen molar-refractivity contribution in [1.29, 1.82) is 5.53 Å². The van der Waals surface area contributed by atoms with E-state index in [0.717, 1.165) is 0 Å². The molecule has 0 spiro atoms. The van der Waals surface area contributed by atoms with Crippen LogP contribution in [0.15, 0.2) is 5.11 Å². The number of carbonyl (C=O) groups excluding carboxylic acids is 2. The van der Waals surface area contributed by atoms with Crippen molar-refractivity contribution < 1.29 is 9.59 Å². The summed E-state index contributed by atoms with van der Waals surface area (Å²) in [5.41, 5.74) is 6.42. The van der Waals surface area contributed by atoms with Crippen molar-refractivity contribution in [3.05, 3.63) is 0 Å². The van der Waals surface area contributed by atoms with E-state index in [-0.39, 0.29) is 0 Å². The van der Waals surface area contributed by atoms with Crippen molar-refractivity contribution in [1.82, 2.24) is 0 Å². The standard InChI is InChI=1S/C5H8N2O2/c6-7-5(4-9)2-1-3-8/h3-6H,1-2H2/t5-/m0/s1. The summed E-state index contributed by atoms with van der Waals surface area (Å²) in [5, 5.41) is 2.97. The highest BCUT2D eigenvalue weighted by atomic mass is 16.1. The quantitative estimate of drug-likeness (QED) is 0.434. The molecule has 4 heteroatoms. The molecule has 9 heavy (non-hydrogen) atoms. The zero-order chi connectivity index (χ0) is 7.11. The molecule has 4 nitrogen and oxygen atoms in total. The molecular weight excluding hydrogens is 120 g/mol. The van der Waals surface area contributed by atoms with Crippen molar-refractivity contribution in [2.24, 2.45) is 5.11 Å². The average molecular weight is 128 g/mol. The summed E-state index contributed by atoms with van der Waals surface area (Å²) in [4.78, 5) is 19.6. The van der Waals surface area contributed by atoms with Gasteiger partial charge in [0.25, 0.3) is 0 Å². The lowest BCUT2D eigenvalue weighted by Gasteiger charge is -1.94. The van der Waals surface area contributed by atoms with E-state index in [2.05, 4.69) is 5.11 Å². The van der Waals surface area contributed by atoms with Gasteiger partial charge in [-0.3, -0.25) is 0 Å². The number of aldehydes is 2. The van der Waals surface area contributed by atoms with E-state index in [9.17, 15) is 9.59 Å². The van der Waals surface area contributed by atoms with Gasteiger partial charge in [0.1, 0.15) is 18.6 Å². The Hall–Kier alpha value is -1.06. The van der Waals surface area contributed by atoms with Crippen molar-refractivity contribution in [2.75, 3.05) is 0 Å². The average Bonchev–Trinajstić information content (AvgIpc) is 1.91. The second-order valence-electron chi connectivity index (χ2n) is 1.58. The summed E-state index contributed by atoms with van der Waals surface area (Å²) in [6.45, 7) is 0. The maximum Gasteiger partial charge on any atom is 0.146 e. The molecule has 0 aromatic rings. The fraction of sp³-hybridized carbons (Fsp3) is 0.600. The van der Waals surface area contributed by atoms with Gasteiger partial charge in [0.2, 0.25) is 0 Å². The summed E-state index contributed by atoms with van der Waals surface area (Å²) in [5.74, 6) is 0. The zero-order valence-corrected chi connectivity index (χ0v) is 4.91. The summed E-state index contributed by atoms with van der Waals surface area (Å²) >= 11 is 0. The van der Waals surface area contributed by atoms with Crippen molar-refractivity contribution in [3.8, 4) is 0 Å². The van der Waals surface area contributed by atoms with Gasteiger partial charge in [-0.1, -0.05) is 0 Å². The van der Waals surface area contributed by atoms with Gasteiger partial charge in [-0.05, 0) is 6.42 Å². The fourth-order valence-electron chi connectivity index (χ4n) is 0.402. The molecule has 0 bridgehead atoms. The molecule has 0 heterocycles. The van der Waals surface area contributed by atoms with Gasteiger partial charge in [0.15, 0.2) is 0 Å². The Morgan fingerprint density at radius 2 is 2.22 bits per heavy atom. The predicted octanol–water partition coefficient (Wildman–Crippen LogP) is 0.564. The van der Waals surface area contributed by atoms with Crippen LogP contribution in [0.1, 0.15) is 12.8 Å². The van der Waals surface area contributed by atoms with Crippen molar-refractivity contribution in [3.63, 3.8) is 0 Å². The molecule has 0 amide bonds. The van der Waals surface area contributed by atoms with E-state index < -0.39 is 6.04 Å². The third kappa shape index (κ3) is 3.52. The number of hydrogen-bond donors (Lipinski definition) is 1. The van der Waals surface area contributed by atoms with Crippen LogP contribution in [0.2, 0.25) is 0 Å². The first kappa shape index (κ1) is 7.94. The molecule has 1 N–H and O–H groups in total. The second kappa shape index (κ2) is 5.08. The Bertz CT molecular complexity index is 106. The first-order chi connectivity index (χ1) is 4.35. The van der Waals surface area contributed by atoms with Crippen LogP contribution in [-0.2, 0) is 9.59 Å². The predicted molar refractivity (Wildman–Crippen MR) is 30.3 cm³/mol. The minimum Gasteiger partial charge on any atom is -0.303 e. The number of rotatable bonds is 5. The monoisotopic (exact) mass is 128 g/mol. The molecule has 0 saturated heterocycles. The molecule has 0 saturated carbocycles. The minimum atomic E-state index is -0.616. The lowest BCUT2D eigenvalue weighted by Crippen LogP contribution is -2.04. The molecule has 0 unspecified atom stereocenters. The van der Waals surface area contributed by atoms with E-state index in [1.807, 2.05) is 0 Å². The Kier molecular flexibility index (Phi) is 4.49. The molecule has 0 aromatic carbocycles. The lowest BCUT2D eigenvalue weighted by atomic mass is 10.2. The first-order valence-corrected chi connectivity index (χ1v) is 2.60. The van der Waals surface area contributed by atoms with Crippen LogP contribution in [0.5, 0.6) is 0 Å². The van der Waals surface area contributed by atoms with Crippen LogP contribution in [0.3, 0.4) is 0 Å². The van der Waals surface area contributed by atoms with Crippen LogP contribution in [0, 0.1) is 5.53 Å². The van der Waals surface area contributed by atoms with E-state index in [0.29, 0.717) is 25.4 Å². The molecule has 0 aromatic heterocycles. The lowest BCUT2D eigenvalue weighted by molar-refractivity contribution is -0.109. The molecule has 0 radical (unpaired) electrons. The van der Waals surface area contributed by atoms with Crippen molar-refractivity contribution in [2.45, 2.75) is 18.9 Å². The van der Waals surface area contributed by atoms with Crippen LogP contribution in [-0.4, -0.2) is 18.6 Å². The summed E-state index contributed by atoms with van der Waals surface area (Å²) in [7, 11) is 0. The first-order valence-electron chi connectivity index (χ1n) is 2.60. The zero-order valence-electron chi connectivity index (χ0n) is 4.91. The highest BCUT2D eigenvalue weighted by molar-refractivity contribution is 5.59.